The largest absolute Gasteiger partial charge is 0.466 e. The highest BCUT2D eigenvalue weighted by Gasteiger charge is 2.39. The van der Waals surface area contributed by atoms with Crippen LogP contribution in [0.2, 0.25) is 0 Å². The molecule has 0 aliphatic heterocycles. The highest BCUT2D eigenvalue weighted by atomic mass is 16.5. The molecule has 0 amide bonds. The molecule has 4 nitrogen and oxygen atoms in total. The molecule has 0 spiro atoms. The predicted molar refractivity (Wildman–Crippen MR) is 82.9 cm³/mol. The van der Waals surface area contributed by atoms with Crippen molar-refractivity contribution in [2.75, 3.05) is 13.2 Å². The van der Waals surface area contributed by atoms with Gasteiger partial charge in [0.2, 0.25) is 0 Å². The van der Waals surface area contributed by atoms with Gasteiger partial charge in [-0.05, 0) is 43.9 Å². The molecule has 2 atom stereocenters. The molecule has 0 aromatic rings. The molecule has 20 heavy (non-hydrogen) atoms. The minimum absolute atomic E-state index is 0.136. The summed E-state index contributed by atoms with van der Waals surface area (Å²) in [5.74, 6) is -0.195. The van der Waals surface area contributed by atoms with E-state index in [4.69, 9.17) is 10.5 Å². The Morgan fingerprint density at radius 2 is 2.00 bits per heavy atom. The minimum Gasteiger partial charge on any atom is -0.466 e. The lowest BCUT2D eigenvalue weighted by atomic mass is 9.63. The first kappa shape index (κ1) is 17.2. The van der Waals surface area contributed by atoms with Crippen molar-refractivity contribution < 1.29 is 9.53 Å². The quantitative estimate of drug-likeness (QED) is 0.623. The number of hydrogen-bond acceptors (Lipinski definition) is 4. The van der Waals surface area contributed by atoms with E-state index in [2.05, 4.69) is 25.8 Å². The van der Waals surface area contributed by atoms with Crippen LogP contribution >= 0.6 is 0 Å². The molecule has 2 unspecified atom stereocenters. The first-order valence-corrected chi connectivity index (χ1v) is 7.57. The standard InChI is InChI=1S/C16H30N2O2/c1-6-20-14(19)7-12(2)18-11-16(5)9-13(17)8-15(3,4)10-16/h13H,6-11,17H2,1-5H3. The number of ether oxygens (including phenoxy) is 1. The fourth-order valence-electron chi connectivity index (χ4n) is 3.64. The van der Waals surface area contributed by atoms with Gasteiger partial charge in [0, 0.05) is 18.3 Å². The zero-order chi connectivity index (χ0) is 15.4. The molecule has 1 fully saturated rings. The Labute approximate surface area is 123 Å². The van der Waals surface area contributed by atoms with E-state index in [1.807, 2.05) is 13.8 Å². The average Bonchev–Trinajstić information content (AvgIpc) is 2.23. The van der Waals surface area contributed by atoms with Gasteiger partial charge in [-0.2, -0.15) is 0 Å². The lowest BCUT2D eigenvalue weighted by Crippen LogP contribution is -2.43. The summed E-state index contributed by atoms with van der Waals surface area (Å²) >= 11 is 0. The topological polar surface area (TPSA) is 64.7 Å². The Hall–Kier alpha value is -0.900. The van der Waals surface area contributed by atoms with Gasteiger partial charge < -0.3 is 10.5 Å². The highest BCUT2D eigenvalue weighted by Crippen LogP contribution is 2.45. The van der Waals surface area contributed by atoms with Gasteiger partial charge in [0.1, 0.15) is 0 Å². The molecule has 0 aromatic heterocycles. The van der Waals surface area contributed by atoms with E-state index in [1.54, 1.807) is 0 Å². The Kier molecular flexibility index (Phi) is 5.75. The summed E-state index contributed by atoms with van der Waals surface area (Å²) < 4.78 is 4.94. The van der Waals surface area contributed by atoms with Crippen molar-refractivity contribution >= 4 is 11.7 Å². The lowest BCUT2D eigenvalue weighted by molar-refractivity contribution is -0.141. The molecule has 1 saturated carbocycles. The molecule has 4 heteroatoms. The number of carbonyl (C=O) groups is 1. The van der Waals surface area contributed by atoms with Crippen molar-refractivity contribution in [3.63, 3.8) is 0 Å². The number of nitrogens with two attached hydrogens (primary N) is 1. The van der Waals surface area contributed by atoms with Gasteiger partial charge in [-0.25, -0.2) is 0 Å². The molecule has 2 N–H and O–H groups in total. The number of esters is 1. The first-order chi connectivity index (χ1) is 9.16. The third kappa shape index (κ3) is 5.61. The molecule has 116 valence electrons. The van der Waals surface area contributed by atoms with Crippen LogP contribution in [-0.4, -0.2) is 30.9 Å². The van der Waals surface area contributed by atoms with Crippen molar-refractivity contribution in [1.29, 1.82) is 0 Å². The van der Waals surface area contributed by atoms with Crippen LogP contribution in [0.3, 0.4) is 0 Å². The lowest BCUT2D eigenvalue weighted by Gasteiger charge is -2.45. The van der Waals surface area contributed by atoms with Gasteiger partial charge in [-0.3, -0.25) is 9.79 Å². The summed E-state index contributed by atoms with van der Waals surface area (Å²) in [5, 5.41) is 0. The van der Waals surface area contributed by atoms with E-state index in [0.717, 1.165) is 31.5 Å². The number of nitrogens with zero attached hydrogens (tertiary/aromatic N) is 1. The molecular formula is C16H30N2O2. The van der Waals surface area contributed by atoms with Gasteiger partial charge in [0.15, 0.2) is 0 Å². The number of carbonyl (C=O) groups excluding carboxylic acids is 1. The maximum Gasteiger partial charge on any atom is 0.311 e. The monoisotopic (exact) mass is 282 g/mol. The molecule has 0 radical (unpaired) electrons. The summed E-state index contributed by atoms with van der Waals surface area (Å²) in [6.07, 6.45) is 3.50. The van der Waals surface area contributed by atoms with Crippen molar-refractivity contribution in [3.8, 4) is 0 Å². The summed E-state index contributed by atoms with van der Waals surface area (Å²) in [7, 11) is 0. The predicted octanol–water partition coefficient (Wildman–Crippen LogP) is 2.94. The van der Waals surface area contributed by atoms with Crippen molar-refractivity contribution in [1.82, 2.24) is 0 Å². The Balaban J connectivity index is 2.60. The second-order valence-corrected chi connectivity index (χ2v) is 7.35. The van der Waals surface area contributed by atoms with E-state index < -0.39 is 0 Å². The third-order valence-corrected chi connectivity index (χ3v) is 3.91. The van der Waals surface area contributed by atoms with Gasteiger partial charge in [0.25, 0.3) is 0 Å². The molecule has 0 saturated heterocycles. The number of aliphatic imine (C=N–C) groups is 1. The molecule has 0 bridgehead atoms. The normalized spacial score (nSPS) is 30.1. The zero-order valence-electron chi connectivity index (χ0n) is 13.7. The van der Waals surface area contributed by atoms with E-state index in [9.17, 15) is 4.79 Å². The van der Waals surface area contributed by atoms with Crippen LogP contribution in [0.1, 0.15) is 60.3 Å². The maximum absolute atomic E-state index is 11.4. The van der Waals surface area contributed by atoms with E-state index in [0.29, 0.717) is 13.0 Å². The van der Waals surface area contributed by atoms with Gasteiger partial charge in [0.05, 0.1) is 13.0 Å². The van der Waals surface area contributed by atoms with E-state index in [1.165, 1.54) is 0 Å². The maximum atomic E-state index is 11.4. The molecule has 0 aromatic carbocycles. The Morgan fingerprint density at radius 3 is 2.55 bits per heavy atom. The second-order valence-electron chi connectivity index (χ2n) is 7.35. The van der Waals surface area contributed by atoms with Crippen molar-refractivity contribution in [2.45, 2.75) is 66.3 Å². The zero-order valence-corrected chi connectivity index (χ0v) is 13.7. The number of hydrogen-bond donors (Lipinski definition) is 1. The fraction of sp³-hybridized carbons (Fsp3) is 0.875. The van der Waals surface area contributed by atoms with Crippen LogP contribution in [-0.2, 0) is 9.53 Å². The minimum atomic E-state index is -0.195. The summed E-state index contributed by atoms with van der Waals surface area (Å²) in [4.78, 5) is 16.0. The molecule has 1 aliphatic rings. The van der Waals surface area contributed by atoms with Crippen LogP contribution in [0.5, 0.6) is 0 Å². The van der Waals surface area contributed by atoms with Gasteiger partial charge in [-0.1, -0.05) is 20.8 Å². The van der Waals surface area contributed by atoms with E-state index in [-0.39, 0.29) is 22.8 Å². The van der Waals surface area contributed by atoms with Crippen LogP contribution in [0, 0.1) is 10.8 Å². The SMILES string of the molecule is CCOC(=O)CC(C)=NCC1(C)CC(N)CC(C)(C)C1. The highest BCUT2D eigenvalue weighted by molar-refractivity contribution is 5.97. The van der Waals surface area contributed by atoms with Crippen LogP contribution < -0.4 is 5.73 Å². The molecule has 1 rings (SSSR count). The summed E-state index contributed by atoms with van der Waals surface area (Å²) in [6.45, 7) is 11.7. The second kappa shape index (κ2) is 6.70. The molecule has 0 heterocycles. The van der Waals surface area contributed by atoms with Gasteiger partial charge in [-0.15, -0.1) is 0 Å². The van der Waals surface area contributed by atoms with Crippen molar-refractivity contribution in [2.24, 2.45) is 21.6 Å². The average molecular weight is 282 g/mol. The Morgan fingerprint density at radius 1 is 1.35 bits per heavy atom. The molecule has 1 aliphatic carbocycles. The Bertz CT molecular complexity index is 377. The summed E-state index contributed by atoms with van der Waals surface area (Å²) in [6, 6.07) is 0.254. The van der Waals surface area contributed by atoms with E-state index >= 15 is 0 Å². The molecular weight excluding hydrogens is 252 g/mol. The van der Waals surface area contributed by atoms with Crippen LogP contribution in [0.25, 0.3) is 0 Å². The third-order valence-electron chi connectivity index (χ3n) is 3.91. The number of rotatable bonds is 5. The van der Waals surface area contributed by atoms with Crippen molar-refractivity contribution in [3.05, 3.63) is 0 Å². The smallest absolute Gasteiger partial charge is 0.311 e. The van der Waals surface area contributed by atoms with Crippen LogP contribution in [0.15, 0.2) is 4.99 Å². The summed E-state index contributed by atoms with van der Waals surface area (Å²) in [5.41, 5.74) is 7.45. The van der Waals surface area contributed by atoms with Crippen LogP contribution in [0.4, 0.5) is 0 Å². The fourth-order valence-corrected chi connectivity index (χ4v) is 3.64. The first-order valence-electron chi connectivity index (χ1n) is 7.57. The van der Waals surface area contributed by atoms with Gasteiger partial charge >= 0.3 is 5.97 Å².